The Morgan fingerprint density at radius 1 is 1.50 bits per heavy atom. The highest BCUT2D eigenvalue weighted by atomic mass is 32.2. The summed E-state index contributed by atoms with van der Waals surface area (Å²) in [5.41, 5.74) is 0.294. The highest BCUT2D eigenvalue weighted by Crippen LogP contribution is 2.30. The molecule has 1 aliphatic rings. The maximum absolute atomic E-state index is 4.84. The summed E-state index contributed by atoms with van der Waals surface area (Å²) < 4.78 is 0. The van der Waals surface area contributed by atoms with Crippen LogP contribution in [0.4, 0.5) is 0 Å². The van der Waals surface area contributed by atoms with Gasteiger partial charge in [-0.1, -0.05) is 45.9 Å². The van der Waals surface area contributed by atoms with E-state index in [-0.39, 0.29) is 0 Å². The smallest absolute Gasteiger partial charge is 0.157 e. The van der Waals surface area contributed by atoms with E-state index in [1.807, 2.05) is 11.8 Å². The normalized spacial score (nSPS) is 23.8. The summed E-state index contributed by atoms with van der Waals surface area (Å²) in [7, 11) is 0. The second-order valence-electron chi connectivity index (χ2n) is 5.79. The van der Waals surface area contributed by atoms with Crippen molar-refractivity contribution in [2.24, 2.45) is 10.4 Å². The number of rotatable bonds is 3. The van der Waals surface area contributed by atoms with E-state index in [4.69, 9.17) is 4.99 Å². The molecule has 1 N–H and O–H groups in total. The molecule has 0 radical (unpaired) electrons. The van der Waals surface area contributed by atoms with Crippen molar-refractivity contribution in [3.05, 3.63) is 0 Å². The SMILES string of the molecule is CCCC(C)NC1=NC(C(C)(C)C)CCS1. The zero-order valence-corrected chi connectivity index (χ0v) is 12.2. The molecule has 16 heavy (non-hydrogen) atoms. The highest BCUT2D eigenvalue weighted by molar-refractivity contribution is 8.13. The summed E-state index contributed by atoms with van der Waals surface area (Å²) in [6, 6.07) is 1.03. The van der Waals surface area contributed by atoms with Gasteiger partial charge >= 0.3 is 0 Å². The number of nitrogens with zero attached hydrogens (tertiary/aromatic N) is 1. The molecule has 1 aliphatic heterocycles. The Morgan fingerprint density at radius 2 is 2.19 bits per heavy atom. The number of nitrogens with one attached hydrogen (secondary N) is 1. The van der Waals surface area contributed by atoms with Crippen molar-refractivity contribution >= 4 is 16.9 Å². The zero-order valence-electron chi connectivity index (χ0n) is 11.3. The number of hydrogen-bond acceptors (Lipinski definition) is 3. The summed E-state index contributed by atoms with van der Waals surface area (Å²) in [4.78, 5) is 4.84. The average Bonchev–Trinajstić information content (AvgIpc) is 2.17. The fraction of sp³-hybridized carbons (Fsp3) is 0.923. The van der Waals surface area contributed by atoms with Gasteiger partial charge in [-0.25, -0.2) is 0 Å². The van der Waals surface area contributed by atoms with Crippen molar-refractivity contribution in [1.29, 1.82) is 0 Å². The van der Waals surface area contributed by atoms with Crippen molar-refractivity contribution < 1.29 is 0 Å². The van der Waals surface area contributed by atoms with E-state index in [2.05, 4.69) is 39.9 Å². The van der Waals surface area contributed by atoms with Crippen LogP contribution >= 0.6 is 11.8 Å². The quantitative estimate of drug-likeness (QED) is 0.816. The topological polar surface area (TPSA) is 24.4 Å². The summed E-state index contributed by atoms with van der Waals surface area (Å²) in [5.74, 6) is 1.20. The second kappa shape index (κ2) is 5.95. The van der Waals surface area contributed by atoms with Gasteiger partial charge in [-0.3, -0.25) is 4.99 Å². The largest absolute Gasteiger partial charge is 0.362 e. The summed E-state index contributed by atoms with van der Waals surface area (Å²) in [5, 5.41) is 4.69. The van der Waals surface area contributed by atoms with Gasteiger partial charge in [0.25, 0.3) is 0 Å². The number of thioether (sulfide) groups is 1. The van der Waals surface area contributed by atoms with E-state index >= 15 is 0 Å². The number of amidine groups is 1. The molecule has 0 aliphatic carbocycles. The third-order valence-electron chi connectivity index (χ3n) is 2.99. The molecule has 0 fully saturated rings. The van der Waals surface area contributed by atoms with E-state index in [0.29, 0.717) is 17.5 Å². The fourth-order valence-corrected chi connectivity index (χ4v) is 2.95. The van der Waals surface area contributed by atoms with Crippen molar-refractivity contribution in [2.45, 2.75) is 66.0 Å². The van der Waals surface area contributed by atoms with Gasteiger partial charge in [0.05, 0.1) is 6.04 Å². The summed E-state index contributed by atoms with van der Waals surface area (Å²) in [6.45, 7) is 11.3. The lowest BCUT2D eigenvalue weighted by Crippen LogP contribution is -2.37. The minimum absolute atomic E-state index is 0.294. The van der Waals surface area contributed by atoms with Crippen LogP contribution < -0.4 is 5.32 Å². The molecule has 0 saturated heterocycles. The van der Waals surface area contributed by atoms with E-state index < -0.39 is 0 Å². The molecule has 2 unspecified atom stereocenters. The lowest BCUT2D eigenvalue weighted by atomic mass is 9.85. The maximum Gasteiger partial charge on any atom is 0.157 e. The van der Waals surface area contributed by atoms with E-state index in [1.165, 1.54) is 25.0 Å². The third kappa shape index (κ3) is 4.36. The Kier molecular flexibility index (Phi) is 5.16. The minimum atomic E-state index is 0.294. The van der Waals surface area contributed by atoms with Gasteiger partial charge in [0.2, 0.25) is 0 Å². The molecule has 2 atom stereocenters. The molecule has 0 saturated carbocycles. The van der Waals surface area contributed by atoms with E-state index in [9.17, 15) is 0 Å². The molecule has 0 amide bonds. The lowest BCUT2D eigenvalue weighted by Gasteiger charge is -2.31. The van der Waals surface area contributed by atoms with Gasteiger partial charge in [0.15, 0.2) is 5.17 Å². The fourth-order valence-electron chi connectivity index (χ4n) is 1.93. The van der Waals surface area contributed by atoms with E-state index in [0.717, 1.165) is 5.17 Å². The van der Waals surface area contributed by atoms with Crippen molar-refractivity contribution in [3.63, 3.8) is 0 Å². The minimum Gasteiger partial charge on any atom is -0.362 e. The molecule has 0 spiro atoms. The van der Waals surface area contributed by atoms with Gasteiger partial charge < -0.3 is 5.32 Å². The third-order valence-corrected chi connectivity index (χ3v) is 3.93. The molecule has 0 aromatic heterocycles. The standard InChI is InChI=1S/C13H26N2S/c1-6-7-10(2)14-12-15-11(8-9-16-12)13(3,4)5/h10-11H,6-9H2,1-5H3,(H,14,15). The zero-order chi connectivity index (χ0) is 12.2. The van der Waals surface area contributed by atoms with Crippen LogP contribution in [0.5, 0.6) is 0 Å². The van der Waals surface area contributed by atoms with Crippen LogP contribution in [0.15, 0.2) is 4.99 Å². The first-order chi connectivity index (χ1) is 7.43. The van der Waals surface area contributed by atoms with Gasteiger partial charge in [-0.05, 0) is 25.2 Å². The van der Waals surface area contributed by atoms with Crippen molar-refractivity contribution in [3.8, 4) is 0 Å². The van der Waals surface area contributed by atoms with Crippen LogP contribution in [-0.4, -0.2) is 23.0 Å². The van der Waals surface area contributed by atoms with Gasteiger partial charge in [-0.15, -0.1) is 0 Å². The Hall–Kier alpha value is -0.180. The van der Waals surface area contributed by atoms with Gasteiger partial charge in [-0.2, -0.15) is 0 Å². The van der Waals surface area contributed by atoms with Crippen LogP contribution in [0.3, 0.4) is 0 Å². The molecular formula is C13H26N2S. The Balaban J connectivity index is 2.56. The highest BCUT2D eigenvalue weighted by Gasteiger charge is 2.27. The molecule has 94 valence electrons. The Labute approximate surface area is 105 Å². The van der Waals surface area contributed by atoms with E-state index in [1.54, 1.807) is 0 Å². The first-order valence-corrected chi connectivity index (χ1v) is 7.39. The first-order valence-electron chi connectivity index (χ1n) is 6.40. The lowest BCUT2D eigenvalue weighted by molar-refractivity contribution is 0.315. The molecule has 1 heterocycles. The molecule has 2 nitrogen and oxygen atoms in total. The number of aliphatic imine (C=N–C) groups is 1. The van der Waals surface area contributed by atoms with Crippen molar-refractivity contribution in [1.82, 2.24) is 5.32 Å². The Morgan fingerprint density at radius 3 is 2.75 bits per heavy atom. The van der Waals surface area contributed by atoms with Gasteiger partial charge in [0, 0.05) is 11.8 Å². The molecule has 3 heteroatoms. The average molecular weight is 242 g/mol. The number of hydrogen-bond donors (Lipinski definition) is 1. The van der Waals surface area contributed by atoms with Crippen LogP contribution in [0, 0.1) is 5.41 Å². The predicted octanol–water partition coefficient (Wildman–Crippen LogP) is 3.67. The second-order valence-corrected chi connectivity index (χ2v) is 6.87. The molecule has 0 aromatic carbocycles. The maximum atomic E-state index is 4.84. The molecule has 1 rings (SSSR count). The Bertz CT molecular complexity index is 243. The molecule has 0 aromatic rings. The monoisotopic (exact) mass is 242 g/mol. The van der Waals surface area contributed by atoms with Crippen LogP contribution in [0.25, 0.3) is 0 Å². The summed E-state index contributed by atoms with van der Waals surface area (Å²) >= 11 is 1.88. The first kappa shape index (κ1) is 13.9. The molecule has 0 bridgehead atoms. The van der Waals surface area contributed by atoms with Crippen LogP contribution in [0.2, 0.25) is 0 Å². The van der Waals surface area contributed by atoms with Crippen LogP contribution in [-0.2, 0) is 0 Å². The predicted molar refractivity (Wildman–Crippen MR) is 75.3 cm³/mol. The summed E-state index contributed by atoms with van der Waals surface area (Å²) in [6.07, 6.45) is 3.66. The molecular weight excluding hydrogens is 216 g/mol. The van der Waals surface area contributed by atoms with Gasteiger partial charge in [0.1, 0.15) is 0 Å². The van der Waals surface area contributed by atoms with Crippen molar-refractivity contribution in [2.75, 3.05) is 5.75 Å². The van der Waals surface area contributed by atoms with Crippen LogP contribution in [0.1, 0.15) is 53.9 Å².